The van der Waals surface area contributed by atoms with Gasteiger partial charge in [-0.3, -0.25) is 9.59 Å². The van der Waals surface area contributed by atoms with E-state index in [1.165, 1.54) is 0 Å². The molecule has 0 amide bonds. The molecule has 132 valence electrons. The first-order valence-electron chi connectivity index (χ1n) is 8.32. The minimum absolute atomic E-state index is 0.0936. The second kappa shape index (κ2) is 9.39. The van der Waals surface area contributed by atoms with Crippen LogP contribution in [0.25, 0.3) is 0 Å². The van der Waals surface area contributed by atoms with Crippen molar-refractivity contribution >= 4 is 11.6 Å². The molecule has 1 aliphatic rings. The van der Waals surface area contributed by atoms with Crippen LogP contribution in [0.4, 0.5) is 0 Å². The number of carbonyl (C=O) groups is 2. The minimum atomic E-state index is -0.0936. The zero-order chi connectivity index (χ0) is 17.4. The summed E-state index contributed by atoms with van der Waals surface area (Å²) in [5, 5.41) is 0. The van der Waals surface area contributed by atoms with Crippen LogP contribution in [-0.2, 0) is 9.47 Å². The smallest absolute Gasteiger partial charge is 0.163 e. The highest BCUT2D eigenvalue weighted by Crippen LogP contribution is 2.32. The van der Waals surface area contributed by atoms with E-state index in [-0.39, 0.29) is 11.6 Å². The van der Waals surface area contributed by atoms with Crippen molar-refractivity contribution in [2.24, 2.45) is 0 Å². The fourth-order valence-corrected chi connectivity index (χ4v) is 2.37. The van der Waals surface area contributed by atoms with Crippen molar-refractivity contribution in [2.75, 3.05) is 39.6 Å². The Morgan fingerprint density at radius 2 is 1.12 bits per heavy atom. The number of ketones is 2. The van der Waals surface area contributed by atoms with Gasteiger partial charge in [0.25, 0.3) is 0 Å². The molecular formula is C18H24O6. The number of ether oxygens (including phenoxy) is 4. The van der Waals surface area contributed by atoms with E-state index in [9.17, 15) is 9.59 Å². The molecule has 0 bridgehead atoms. The van der Waals surface area contributed by atoms with Crippen molar-refractivity contribution in [2.45, 2.75) is 26.7 Å². The third-order valence-electron chi connectivity index (χ3n) is 3.67. The fraction of sp³-hybridized carbons (Fsp3) is 0.556. The average molecular weight is 336 g/mol. The zero-order valence-electron chi connectivity index (χ0n) is 14.3. The van der Waals surface area contributed by atoms with E-state index in [0.29, 0.717) is 75.1 Å². The highest BCUT2D eigenvalue weighted by molar-refractivity contribution is 6.09. The Labute approximate surface area is 142 Å². The van der Waals surface area contributed by atoms with Gasteiger partial charge in [-0.05, 0) is 12.1 Å². The maximum atomic E-state index is 12.2. The average Bonchev–Trinajstić information content (AvgIpc) is 2.60. The molecule has 0 saturated heterocycles. The summed E-state index contributed by atoms with van der Waals surface area (Å²) in [6, 6.07) is 3.22. The topological polar surface area (TPSA) is 71.1 Å². The Bertz CT molecular complexity index is 530. The zero-order valence-corrected chi connectivity index (χ0v) is 14.3. The summed E-state index contributed by atoms with van der Waals surface area (Å²) in [6.07, 6.45) is 0.640. The molecule has 0 unspecified atom stereocenters. The predicted molar refractivity (Wildman–Crippen MR) is 88.3 cm³/mol. The van der Waals surface area contributed by atoms with Crippen LogP contribution in [0.5, 0.6) is 11.5 Å². The summed E-state index contributed by atoms with van der Waals surface area (Å²) in [7, 11) is 0. The molecule has 0 aliphatic carbocycles. The Morgan fingerprint density at radius 1 is 0.750 bits per heavy atom. The van der Waals surface area contributed by atoms with Gasteiger partial charge in [0.05, 0.1) is 26.4 Å². The molecular weight excluding hydrogens is 312 g/mol. The summed E-state index contributed by atoms with van der Waals surface area (Å²) in [6.45, 7) is 6.02. The van der Waals surface area contributed by atoms with Crippen LogP contribution < -0.4 is 9.47 Å². The molecule has 24 heavy (non-hydrogen) atoms. The largest absolute Gasteiger partial charge is 0.487 e. The van der Waals surface area contributed by atoms with Crippen LogP contribution in [0.2, 0.25) is 0 Å². The van der Waals surface area contributed by atoms with Gasteiger partial charge in [-0.2, -0.15) is 0 Å². The molecule has 2 rings (SSSR count). The van der Waals surface area contributed by atoms with Gasteiger partial charge in [-0.25, -0.2) is 0 Å². The standard InChI is InChI=1S/C18H24O6/c1-3-15(19)13-11-17-18(12-14(13)16(20)4-2)24-10-8-22-6-5-21-7-9-23-17/h11-12H,3-10H2,1-2H3. The number of carbonyl (C=O) groups excluding carboxylic acids is 2. The molecule has 0 radical (unpaired) electrons. The lowest BCUT2D eigenvalue weighted by Crippen LogP contribution is -2.17. The summed E-state index contributed by atoms with van der Waals surface area (Å²) < 4.78 is 22.2. The third-order valence-corrected chi connectivity index (χ3v) is 3.67. The summed E-state index contributed by atoms with van der Waals surface area (Å²) in [5.74, 6) is 0.708. The molecule has 1 aromatic rings. The molecule has 1 aromatic carbocycles. The van der Waals surface area contributed by atoms with Crippen LogP contribution in [-0.4, -0.2) is 51.2 Å². The first-order chi connectivity index (χ1) is 11.7. The number of rotatable bonds is 4. The number of benzene rings is 1. The normalized spacial score (nSPS) is 15.9. The van der Waals surface area contributed by atoms with Gasteiger partial charge >= 0.3 is 0 Å². The van der Waals surface area contributed by atoms with Crippen LogP contribution >= 0.6 is 0 Å². The van der Waals surface area contributed by atoms with E-state index in [2.05, 4.69) is 0 Å². The Morgan fingerprint density at radius 3 is 1.50 bits per heavy atom. The maximum absolute atomic E-state index is 12.2. The minimum Gasteiger partial charge on any atom is -0.487 e. The van der Waals surface area contributed by atoms with Crippen LogP contribution in [0.1, 0.15) is 47.4 Å². The Hall–Kier alpha value is -1.92. The highest BCUT2D eigenvalue weighted by Gasteiger charge is 2.20. The van der Waals surface area contributed by atoms with Gasteiger partial charge in [-0.1, -0.05) is 13.8 Å². The third kappa shape index (κ3) is 4.79. The fourth-order valence-electron chi connectivity index (χ4n) is 2.37. The molecule has 0 aromatic heterocycles. The Kier molecular flexibility index (Phi) is 7.21. The SMILES string of the molecule is CCC(=O)c1cc2c(cc1C(=O)CC)OCCOCCOCCO2. The van der Waals surface area contributed by atoms with Crippen molar-refractivity contribution in [3.05, 3.63) is 23.3 Å². The molecule has 0 saturated carbocycles. The molecule has 1 aliphatic heterocycles. The van der Waals surface area contributed by atoms with E-state index >= 15 is 0 Å². The van der Waals surface area contributed by atoms with Gasteiger partial charge in [-0.15, -0.1) is 0 Å². The summed E-state index contributed by atoms with van der Waals surface area (Å²) >= 11 is 0. The second-order valence-corrected chi connectivity index (χ2v) is 5.32. The van der Waals surface area contributed by atoms with E-state index in [1.54, 1.807) is 26.0 Å². The van der Waals surface area contributed by atoms with Crippen molar-refractivity contribution < 1.29 is 28.5 Å². The lowest BCUT2D eigenvalue weighted by atomic mass is 9.97. The van der Waals surface area contributed by atoms with Crippen molar-refractivity contribution in [1.82, 2.24) is 0 Å². The Balaban J connectivity index is 2.38. The van der Waals surface area contributed by atoms with Crippen molar-refractivity contribution in [1.29, 1.82) is 0 Å². The molecule has 0 atom stereocenters. The molecule has 0 spiro atoms. The number of hydrogen-bond donors (Lipinski definition) is 0. The summed E-state index contributed by atoms with van der Waals surface area (Å²) in [5.41, 5.74) is 0.770. The molecule has 0 fully saturated rings. The van der Waals surface area contributed by atoms with Gasteiger partial charge in [0.15, 0.2) is 23.1 Å². The van der Waals surface area contributed by atoms with Crippen molar-refractivity contribution in [3.8, 4) is 11.5 Å². The van der Waals surface area contributed by atoms with Gasteiger partial charge in [0.1, 0.15) is 13.2 Å². The monoisotopic (exact) mass is 336 g/mol. The maximum Gasteiger partial charge on any atom is 0.163 e. The van der Waals surface area contributed by atoms with E-state index < -0.39 is 0 Å². The number of fused-ring (bicyclic) bond motifs is 1. The van der Waals surface area contributed by atoms with Crippen LogP contribution in [0.15, 0.2) is 12.1 Å². The molecule has 1 heterocycles. The van der Waals surface area contributed by atoms with Gasteiger partial charge < -0.3 is 18.9 Å². The quantitative estimate of drug-likeness (QED) is 0.787. The number of Topliss-reactive ketones (excluding diaryl/α,β-unsaturated/α-hetero) is 2. The van der Waals surface area contributed by atoms with Crippen LogP contribution in [0.3, 0.4) is 0 Å². The number of hydrogen-bond acceptors (Lipinski definition) is 6. The highest BCUT2D eigenvalue weighted by atomic mass is 16.6. The van der Waals surface area contributed by atoms with E-state index in [1.807, 2.05) is 0 Å². The van der Waals surface area contributed by atoms with Crippen LogP contribution in [0, 0.1) is 0 Å². The van der Waals surface area contributed by atoms with Gasteiger partial charge in [0, 0.05) is 24.0 Å². The van der Waals surface area contributed by atoms with E-state index in [4.69, 9.17) is 18.9 Å². The van der Waals surface area contributed by atoms with Crippen molar-refractivity contribution in [3.63, 3.8) is 0 Å². The second-order valence-electron chi connectivity index (χ2n) is 5.32. The molecule has 0 N–H and O–H groups in total. The molecule has 6 heteroatoms. The first-order valence-corrected chi connectivity index (χ1v) is 8.32. The lowest BCUT2D eigenvalue weighted by molar-refractivity contribution is 0.0223. The predicted octanol–water partition coefficient (Wildman–Crippen LogP) is 2.68. The summed E-state index contributed by atoms with van der Waals surface area (Å²) in [4.78, 5) is 24.4. The first kappa shape index (κ1) is 18.4. The lowest BCUT2D eigenvalue weighted by Gasteiger charge is -2.17. The van der Waals surface area contributed by atoms with E-state index in [0.717, 1.165) is 0 Å². The van der Waals surface area contributed by atoms with Gasteiger partial charge in [0.2, 0.25) is 0 Å². The molecule has 6 nitrogen and oxygen atoms in total.